The molecule has 2 aromatic carbocycles. The molecule has 0 saturated heterocycles. The molecular weight excluding hydrogens is 337 g/mol. The average molecular weight is 347 g/mol. The molecule has 0 fully saturated rings. The number of halogens is 1. The molecule has 0 spiro atoms. The SMILES string of the molecule is [O-][n+]1cc2ccccc2c(I)c1-c1ccccc1. The van der Waals surface area contributed by atoms with Crippen LogP contribution < -0.4 is 4.73 Å². The largest absolute Gasteiger partial charge is 0.618 e. The number of aromatic nitrogens is 1. The van der Waals surface area contributed by atoms with Gasteiger partial charge in [-0.05, 0) is 40.8 Å². The Morgan fingerprint density at radius 2 is 1.56 bits per heavy atom. The summed E-state index contributed by atoms with van der Waals surface area (Å²) in [5, 5.41) is 14.3. The Kier molecular flexibility index (Phi) is 2.91. The topological polar surface area (TPSA) is 26.9 Å². The van der Waals surface area contributed by atoms with Gasteiger partial charge in [0.05, 0.1) is 3.57 Å². The molecule has 3 rings (SSSR count). The lowest BCUT2D eigenvalue weighted by atomic mass is 10.1. The first-order valence-corrected chi connectivity index (χ1v) is 6.71. The van der Waals surface area contributed by atoms with E-state index < -0.39 is 0 Å². The van der Waals surface area contributed by atoms with Gasteiger partial charge in [0.1, 0.15) is 0 Å². The molecule has 3 aromatic rings. The summed E-state index contributed by atoms with van der Waals surface area (Å²) in [6.45, 7) is 0. The van der Waals surface area contributed by atoms with E-state index in [1.807, 2.05) is 54.6 Å². The average Bonchev–Trinajstić information content (AvgIpc) is 2.40. The predicted molar refractivity (Wildman–Crippen MR) is 81.1 cm³/mol. The summed E-state index contributed by atoms with van der Waals surface area (Å²) >= 11 is 2.25. The van der Waals surface area contributed by atoms with Crippen molar-refractivity contribution in [1.29, 1.82) is 0 Å². The highest BCUT2D eigenvalue weighted by Gasteiger charge is 2.16. The fraction of sp³-hybridized carbons (Fsp3) is 0. The summed E-state index contributed by atoms with van der Waals surface area (Å²) in [5.41, 5.74) is 1.66. The van der Waals surface area contributed by atoms with E-state index in [0.29, 0.717) is 0 Å². The minimum absolute atomic E-state index is 0.718. The van der Waals surface area contributed by atoms with Crippen molar-refractivity contribution in [3.05, 3.63) is 69.6 Å². The first-order valence-electron chi connectivity index (χ1n) is 5.63. The summed E-state index contributed by atoms with van der Waals surface area (Å²) < 4.78 is 1.95. The highest BCUT2D eigenvalue weighted by Crippen LogP contribution is 2.27. The Balaban J connectivity index is 2.37. The lowest BCUT2D eigenvalue weighted by Crippen LogP contribution is -2.29. The van der Waals surface area contributed by atoms with Gasteiger partial charge >= 0.3 is 0 Å². The van der Waals surface area contributed by atoms with Gasteiger partial charge in [-0.3, -0.25) is 0 Å². The van der Waals surface area contributed by atoms with Gasteiger partial charge in [0.25, 0.3) is 0 Å². The molecule has 0 amide bonds. The second kappa shape index (κ2) is 4.57. The maximum Gasteiger partial charge on any atom is 0.237 e. The zero-order chi connectivity index (χ0) is 12.5. The molecule has 2 nitrogen and oxygen atoms in total. The second-order valence-electron chi connectivity index (χ2n) is 4.07. The Labute approximate surface area is 119 Å². The van der Waals surface area contributed by atoms with Crippen molar-refractivity contribution in [2.75, 3.05) is 0 Å². The summed E-state index contributed by atoms with van der Waals surface area (Å²) in [4.78, 5) is 0. The molecule has 0 saturated carbocycles. The van der Waals surface area contributed by atoms with E-state index in [-0.39, 0.29) is 0 Å². The van der Waals surface area contributed by atoms with Crippen LogP contribution >= 0.6 is 22.6 Å². The maximum atomic E-state index is 12.2. The Morgan fingerprint density at radius 1 is 0.889 bits per heavy atom. The standard InChI is InChI=1S/C15H10INO/c16-14-13-9-5-4-8-12(13)10-17(18)15(14)11-6-2-1-3-7-11/h1-10H. The Hall–Kier alpha value is -1.62. The fourth-order valence-electron chi connectivity index (χ4n) is 2.07. The van der Waals surface area contributed by atoms with Crippen LogP contribution in [0.5, 0.6) is 0 Å². The van der Waals surface area contributed by atoms with E-state index in [0.717, 1.165) is 30.3 Å². The van der Waals surface area contributed by atoms with E-state index in [1.54, 1.807) is 6.20 Å². The van der Waals surface area contributed by atoms with E-state index in [2.05, 4.69) is 22.6 Å². The van der Waals surface area contributed by atoms with Crippen molar-refractivity contribution in [2.45, 2.75) is 0 Å². The van der Waals surface area contributed by atoms with E-state index in [4.69, 9.17) is 0 Å². The third kappa shape index (κ3) is 1.84. The minimum Gasteiger partial charge on any atom is -0.618 e. The quantitative estimate of drug-likeness (QED) is 0.374. The number of nitrogens with zero attached hydrogens (tertiary/aromatic N) is 1. The molecule has 88 valence electrons. The number of pyridine rings is 1. The molecule has 0 bridgehead atoms. The van der Waals surface area contributed by atoms with Gasteiger partial charge in [-0.15, -0.1) is 0 Å². The highest BCUT2D eigenvalue weighted by atomic mass is 127. The molecule has 0 unspecified atom stereocenters. The molecule has 1 aromatic heterocycles. The Morgan fingerprint density at radius 3 is 2.33 bits per heavy atom. The predicted octanol–water partition coefficient (Wildman–Crippen LogP) is 3.74. The molecule has 3 heteroatoms. The first-order chi connectivity index (χ1) is 8.77. The summed E-state index contributed by atoms with van der Waals surface area (Å²) in [7, 11) is 0. The second-order valence-corrected chi connectivity index (χ2v) is 5.15. The highest BCUT2D eigenvalue weighted by molar-refractivity contribution is 14.1. The van der Waals surface area contributed by atoms with Gasteiger partial charge in [-0.1, -0.05) is 36.4 Å². The molecule has 0 aliphatic rings. The third-order valence-corrected chi connectivity index (χ3v) is 4.02. The van der Waals surface area contributed by atoms with E-state index in [9.17, 15) is 5.21 Å². The van der Waals surface area contributed by atoms with Crippen LogP contribution in [0.15, 0.2) is 60.8 Å². The van der Waals surface area contributed by atoms with Gasteiger partial charge in [0, 0.05) is 16.3 Å². The van der Waals surface area contributed by atoms with Crippen LogP contribution in [0.1, 0.15) is 0 Å². The molecule has 18 heavy (non-hydrogen) atoms. The van der Waals surface area contributed by atoms with Gasteiger partial charge in [-0.2, -0.15) is 4.73 Å². The van der Waals surface area contributed by atoms with E-state index in [1.165, 1.54) is 0 Å². The lowest BCUT2D eigenvalue weighted by Gasteiger charge is -2.09. The van der Waals surface area contributed by atoms with Crippen molar-refractivity contribution in [2.24, 2.45) is 0 Å². The molecule has 0 radical (unpaired) electrons. The van der Waals surface area contributed by atoms with Crippen molar-refractivity contribution in [3.8, 4) is 11.3 Å². The normalized spacial score (nSPS) is 10.7. The number of rotatable bonds is 1. The van der Waals surface area contributed by atoms with Gasteiger partial charge in [-0.25, -0.2) is 0 Å². The maximum absolute atomic E-state index is 12.2. The van der Waals surface area contributed by atoms with Crippen LogP contribution in [0, 0.1) is 8.78 Å². The zero-order valence-electron chi connectivity index (χ0n) is 9.51. The number of hydrogen-bond acceptors (Lipinski definition) is 1. The van der Waals surface area contributed by atoms with Gasteiger partial charge < -0.3 is 5.21 Å². The van der Waals surface area contributed by atoms with Crippen LogP contribution in [0.2, 0.25) is 0 Å². The third-order valence-electron chi connectivity index (χ3n) is 2.93. The van der Waals surface area contributed by atoms with Crippen molar-refractivity contribution >= 4 is 33.4 Å². The molecule has 1 heterocycles. The molecule has 0 aliphatic carbocycles. The lowest BCUT2D eigenvalue weighted by molar-refractivity contribution is -0.592. The van der Waals surface area contributed by atoms with Crippen LogP contribution in [0.4, 0.5) is 0 Å². The smallest absolute Gasteiger partial charge is 0.237 e. The van der Waals surface area contributed by atoms with Crippen LogP contribution in [-0.2, 0) is 0 Å². The number of hydrogen-bond donors (Lipinski definition) is 0. The molecular formula is C15H10INO. The van der Waals surface area contributed by atoms with Gasteiger partial charge in [0.15, 0.2) is 6.20 Å². The van der Waals surface area contributed by atoms with Crippen molar-refractivity contribution in [3.63, 3.8) is 0 Å². The molecule has 0 aliphatic heterocycles. The van der Waals surface area contributed by atoms with E-state index >= 15 is 0 Å². The van der Waals surface area contributed by atoms with Crippen LogP contribution in [0.3, 0.4) is 0 Å². The van der Waals surface area contributed by atoms with Crippen molar-refractivity contribution < 1.29 is 4.73 Å². The van der Waals surface area contributed by atoms with Crippen LogP contribution in [0.25, 0.3) is 22.0 Å². The van der Waals surface area contributed by atoms with Gasteiger partial charge in [0.2, 0.25) is 5.69 Å². The minimum atomic E-state index is 0.718. The first kappa shape index (κ1) is 11.5. The summed E-state index contributed by atoms with van der Waals surface area (Å²) in [6, 6.07) is 17.7. The number of fused-ring (bicyclic) bond motifs is 1. The van der Waals surface area contributed by atoms with Crippen LogP contribution in [-0.4, -0.2) is 0 Å². The molecule has 0 N–H and O–H groups in total. The Bertz CT molecular complexity index is 710. The summed E-state index contributed by atoms with van der Waals surface area (Å²) in [6.07, 6.45) is 1.64. The number of benzene rings is 2. The fourth-order valence-corrected chi connectivity index (χ4v) is 3.11. The zero-order valence-corrected chi connectivity index (χ0v) is 11.7. The van der Waals surface area contributed by atoms with Crippen molar-refractivity contribution in [1.82, 2.24) is 0 Å². The molecule has 0 atom stereocenters. The monoisotopic (exact) mass is 347 g/mol. The summed E-state index contributed by atoms with van der Waals surface area (Å²) in [5.74, 6) is 0.